The minimum atomic E-state index is 0.346. The van der Waals surface area contributed by atoms with Crippen molar-refractivity contribution in [1.29, 1.82) is 0 Å². The van der Waals surface area contributed by atoms with Crippen LogP contribution in [0.1, 0.15) is 28.2 Å². The van der Waals surface area contributed by atoms with Crippen molar-refractivity contribution in [2.75, 3.05) is 6.54 Å². The van der Waals surface area contributed by atoms with Gasteiger partial charge in [-0.05, 0) is 55.6 Å². The Hall–Kier alpha value is -1.31. The third-order valence-electron chi connectivity index (χ3n) is 3.52. The third-order valence-corrected chi connectivity index (χ3v) is 3.76. The van der Waals surface area contributed by atoms with Crippen LogP contribution in [0.25, 0.3) is 0 Å². The number of hydrogen-bond donors (Lipinski definition) is 1. The lowest BCUT2D eigenvalue weighted by Gasteiger charge is -2.18. The van der Waals surface area contributed by atoms with E-state index in [1.165, 1.54) is 22.3 Å². The molecule has 0 amide bonds. The Labute approximate surface area is 120 Å². The fraction of sp³-hybridized carbons (Fsp3) is 0.294. The van der Waals surface area contributed by atoms with Crippen LogP contribution in [-0.2, 0) is 6.42 Å². The van der Waals surface area contributed by atoms with Crippen molar-refractivity contribution in [2.24, 2.45) is 5.73 Å². The van der Waals surface area contributed by atoms with Crippen LogP contribution < -0.4 is 5.73 Å². The Morgan fingerprint density at radius 1 is 1.11 bits per heavy atom. The Morgan fingerprint density at radius 3 is 2.53 bits per heavy atom. The van der Waals surface area contributed by atoms with Crippen molar-refractivity contribution in [3.05, 3.63) is 69.7 Å². The largest absolute Gasteiger partial charge is 0.330 e. The standard InChI is InChI=1S/C17H20ClN/c1-12-6-7-17(13(2)8-12)15(11-19)9-14-4-3-5-16(18)10-14/h3-8,10,15H,9,11,19H2,1-2H3. The highest BCUT2D eigenvalue weighted by Crippen LogP contribution is 2.25. The van der Waals surface area contributed by atoms with Gasteiger partial charge in [0, 0.05) is 10.9 Å². The maximum absolute atomic E-state index is 6.04. The molecule has 0 saturated carbocycles. The first kappa shape index (κ1) is 14.1. The molecule has 0 aromatic heterocycles. The van der Waals surface area contributed by atoms with Gasteiger partial charge in [0.1, 0.15) is 0 Å². The van der Waals surface area contributed by atoms with Gasteiger partial charge < -0.3 is 5.73 Å². The van der Waals surface area contributed by atoms with Crippen LogP contribution in [0, 0.1) is 13.8 Å². The van der Waals surface area contributed by atoms with E-state index in [1.54, 1.807) is 0 Å². The van der Waals surface area contributed by atoms with E-state index in [2.05, 4.69) is 38.1 Å². The summed E-state index contributed by atoms with van der Waals surface area (Å²) in [5.41, 5.74) is 11.2. The summed E-state index contributed by atoms with van der Waals surface area (Å²) in [4.78, 5) is 0. The van der Waals surface area contributed by atoms with Gasteiger partial charge >= 0.3 is 0 Å². The predicted molar refractivity (Wildman–Crippen MR) is 82.9 cm³/mol. The van der Waals surface area contributed by atoms with E-state index in [1.807, 2.05) is 18.2 Å². The highest BCUT2D eigenvalue weighted by Gasteiger charge is 2.13. The van der Waals surface area contributed by atoms with Crippen LogP contribution in [0.2, 0.25) is 5.02 Å². The molecule has 1 atom stereocenters. The Balaban J connectivity index is 2.25. The summed E-state index contributed by atoms with van der Waals surface area (Å²) in [6.45, 7) is 4.92. The van der Waals surface area contributed by atoms with Crippen molar-refractivity contribution in [3.8, 4) is 0 Å². The van der Waals surface area contributed by atoms with E-state index >= 15 is 0 Å². The maximum atomic E-state index is 6.04. The van der Waals surface area contributed by atoms with Crippen LogP contribution in [0.5, 0.6) is 0 Å². The molecule has 1 nitrogen and oxygen atoms in total. The van der Waals surface area contributed by atoms with Crippen LogP contribution in [0.3, 0.4) is 0 Å². The van der Waals surface area contributed by atoms with Gasteiger partial charge in [-0.2, -0.15) is 0 Å². The number of hydrogen-bond acceptors (Lipinski definition) is 1. The van der Waals surface area contributed by atoms with E-state index < -0.39 is 0 Å². The summed E-state index contributed by atoms with van der Waals surface area (Å²) >= 11 is 6.04. The van der Waals surface area contributed by atoms with E-state index in [9.17, 15) is 0 Å². The molecule has 0 radical (unpaired) electrons. The molecule has 2 rings (SSSR count). The molecule has 2 heteroatoms. The molecule has 0 spiro atoms. The highest BCUT2D eigenvalue weighted by molar-refractivity contribution is 6.30. The molecule has 2 aromatic rings. The average molecular weight is 274 g/mol. The summed E-state index contributed by atoms with van der Waals surface area (Å²) < 4.78 is 0. The van der Waals surface area contributed by atoms with Crippen LogP contribution in [0.15, 0.2) is 42.5 Å². The van der Waals surface area contributed by atoms with Gasteiger partial charge in [0.15, 0.2) is 0 Å². The summed E-state index contributed by atoms with van der Waals surface area (Å²) in [5.74, 6) is 0.346. The SMILES string of the molecule is Cc1ccc(C(CN)Cc2cccc(Cl)c2)c(C)c1. The third kappa shape index (κ3) is 3.59. The van der Waals surface area contributed by atoms with E-state index in [0.717, 1.165) is 11.4 Å². The van der Waals surface area contributed by atoms with Crippen LogP contribution >= 0.6 is 11.6 Å². The van der Waals surface area contributed by atoms with Gasteiger partial charge in [-0.1, -0.05) is 47.5 Å². The maximum Gasteiger partial charge on any atom is 0.0408 e. The van der Waals surface area contributed by atoms with Crippen molar-refractivity contribution < 1.29 is 0 Å². The van der Waals surface area contributed by atoms with E-state index in [4.69, 9.17) is 17.3 Å². The number of nitrogens with two attached hydrogens (primary N) is 1. The molecule has 19 heavy (non-hydrogen) atoms. The first-order chi connectivity index (χ1) is 9.10. The van der Waals surface area contributed by atoms with Gasteiger partial charge in [0.25, 0.3) is 0 Å². The summed E-state index contributed by atoms with van der Waals surface area (Å²) in [5, 5.41) is 0.786. The van der Waals surface area contributed by atoms with Gasteiger partial charge in [-0.15, -0.1) is 0 Å². The van der Waals surface area contributed by atoms with Crippen molar-refractivity contribution >= 4 is 11.6 Å². The molecular weight excluding hydrogens is 254 g/mol. The predicted octanol–water partition coefficient (Wildman–Crippen LogP) is 4.24. The van der Waals surface area contributed by atoms with Gasteiger partial charge in [0.2, 0.25) is 0 Å². The zero-order chi connectivity index (χ0) is 13.8. The van der Waals surface area contributed by atoms with Gasteiger partial charge in [0.05, 0.1) is 0 Å². The quantitative estimate of drug-likeness (QED) is 0.886. The lowest BCUT2D eigenvalue weighted by atomic mass is 9.88. The second-order valence-corrected chi connectivity index (χ2v) is 5.56. The second kappa shape index (κ2) is 6.23. The van der Waals surface area contributed by atoms with Crippen LogP contribution in [0.4, 0.5) is 0 Å². The molecule has 0 saturated heterocycles. The molecule has 0 aliphatic heterocycles. The number of aryl methyl sites for hydroxylation is 2. The number of halogens is 1. The minimum Gasteiger partial charge on any atom is -0.330 e. The summed E-state index contributed by atoms with van der Waals surface area (Å²) in [6.07, 6.45) is 0.932. The fourth-order valence-electron chi connectivity index (χ4n) is 2.55. The molecule has 1 unspecified atom stereocenters. The molecule has 0 bridgehead atoms. The molecule has 0 fully saturated rings. The van der Waals surface area contributed by atoms with E-state index in [-0.39, 0.29) is 0 Å². The fourth-order valence-corrected chi connectivity index (χ4v) is 2.77. The van der Waals surface area contributed by atoms with Crippen molar-refractivity contribution in [3.63, 3.8) is 0 Å². The number of rotatable bonds is 4. The molecule has 0 heterocycles. The molecule has 2 aromatic carbocycles. The highest BCUT2D eigenvalue weighted by atomic mass is 35.5. The molecular formula is C17H20ClN. The Morgan fingerprint density at radius 2 is 1.89 bits per heavy atom. The zero-order valence-corrected chi connectivity index (χ0v) is 12.2. The van der Waals surface area contributed by atoms with Gasteiger partial charge in [-0.3, -0.25) is 0 Å². The topological polar surface area (TPSA) is 26.0 Å². The van der Waals surface area contributed by atoms with Crippen molar-refractivity contribution in [1.82, 2.24) is 0 Å². The number of benzene rings is 2. The van der Waals surface area contributed by atoms with Gasteiger partial charge in [-0.25, -0.2) is 0 Å². The first-order valence-corrected chi connectivity index (χ1v) is 6.99. The molecule has 0 aliphatic rings. The van der Waals surface area contributed by atoms with Crippen LogP contribution in [-0.4, -0.2) is 6.54 Å². The Kier molecular flexibility index (Phi) is 4.62. The average Bonchev–Trinajstić information content (AvgIpc) is 2.37. The zero-order valence-electron chi connectivity index (χ0n) is 11.5. The molecule has 2 N–H and O–H groups in total. The summed E-state index contributed by atoms with van der Waals surface area (Å²) in [6, 6.07) is 14.6. The molecule has 100 valence electrons. The Bertz CT molecular complexity index is 563. The first-order valence-electron chi connectivity index (χ1n) is 6.62. The smallest absolute Gasteiger partial charge is 0.0408 e. The summed E-state index contributed by atoms with van der Waals surface area (Å²) in [7, 11) is 0. The second-order valence-electron chi connectivity index (χ2n) is 5.13. The monoisotopic (exact) mass is 273 g/mol. The van der Waals surface area contributed by atoms with Crippen molar-refractivity contribution in [2.45, 2.75) is 26.2 Å². The normalized spacial score (nSPS) is 12.4. The molecule has 0 aliphatic carbocycles. The lowest BCUT2D eigenvalue weighted by Crippen LogP contribution is -2.16. The minimum absolute atomic E-state index is 0.346. The lowest BCUT2D eigenvalue weighted by molar-refractivity contribution is 0.690. The van der Waals surface area contributed by atoms with E-state index in [0.29, 0.717) is 12.5 Å².